The molecule has 0 saturated heterocycles. The Morgan fingerprint density at radius 1 is 1.18 bits per heavy atom. The molecule has 1 N–H and O–H groups in total. The number of rotatable bonds is 4. The number of amides is 1. The molecule has 2 aromatic heterocycles. The monoisotopic (exact) mass is 294 g/mol. The molecule has 0 atom stereocenters. The predicted octanol–water partition coefficient (Wildman–Crippen LogP) is 2.48. The summed E-state index contributed by atoms with van der Waals surface area (Å²) in [5.41, 5.74) is 3.55. The molecule has 0 radical (unpaired) electrons. The lowest BCUT2D eigenvalue weighted by atomic mass is 10.2. The fraction of sp³-hybridized carbons (Fsp3) is 0.235. The highest BCUT2D eigenvalue weighted by molar-refractivity contribution is 5.93. The van der Waals surface area contributed by atoms with Gasteiger partial charge in [0.2, 0.25) is 0 Å². The molecule has 3 aromatic rings. The number of fused-ring (bicyclic) bond motifs is 1. The molecule has 0 spiro atoms. The van der Waals surface area contributed by atoms with E-state index in [1.54, 1.807) is 12.3 Å². The zero-order valence-electron chi connectivity index (χ0n) is 12.7. The second-order valence-corrected chi connectivity index (χ2v) is 5.24. The minimum Gasteiger partial charge on any atom is -0.350 e. The van der Waals surface area contributed by atoms with Gasteiger partial charge >= 0.3 is 0 Å². The van der Waals surface area contributed by atoms with Crippen LogP contribution in [0, 0.1) is 13.8 Å². The number of nitrogens with one attached hydrogen (secondary N) is 1. The molecular formula is C17H18N4O. The Labute approximate surface area is 129 Å². The molecule has 0 unspecified atom stereocenters. The van der Waals surface area contributed by atoms with Crippen molar-refractivity contribution in [2.75, 3.05) is 6.54 Å². The number of benzene rings is 1. The second-order valence-electron chi connectivity index (χ2n) is 5.24. The topological polar surface area (TPSA) is 59.8 Å². The highest BCUT2D eigenvalue weighted by Gasteiger charge is 2.08. The fourth-order valence-electron chi connectivity index (χ4n) is 2.46. The van der Waals surface area contributed by atoms with E-state index in [2.05, 4.69) is 19.9 Å². The molecule has 2 heterocycles. The number of pyridine rings is 1. The maximum Gasteiger partial charge on any atom is 0.252 e. The van der Waals surface area contributed by atoms with Crippen molar-refractivity contribution in [1.29, 1.82) is 0 Å². The van der Waals surface area contributed by atoms with Crippen LogP contribution in [-0.2, 0) is 6.54 Å². The molecule has 0 aliphatic rings. The van der Waals surface area contributed by atoms with Crippen molar-refractivity contribution in [1.82, 2.24) is 19.9 Å². The van der Waals surface area contributed by atoms with Gasteiger partial charge in [-0.3, -0.25) is 9.78 Å². The second kappa shape index (κ2) is 5.97. The molecule has 5 heteroatoms. The Kier molecular flexibility index (Phi) is 3.87. The van der Waals surface area contributed by atoms with Gasteiger partial charge in [-0.15, -0.1) is 0 Å². The summed E-state index contributed by atoms with van der Waals surface area (Å²) in [6.45, 7) is 5.12. The summed E-state index contributed by atoms with van der Waals surface area (Å²) in [6.07, 6.45) is 1.60. The first kappa shape index (κ1) is 14.3. The minimum atomic E-state index is -0.102. The lowest BCUT2D eigenvalue weighted by Crippen LogP contribution is -2.27. The number of hydrogen-bond donors (Lipinski definition) is 1. The summed E-state index contributed by atoms with van der Waals surface area (Å²) in [5, 5.41) is 2.92. The van der Waals surface area contributed by atoms with Gasteiger partial charge in [0.25, 0.3) is 5.91 Å². The number of para-hydroxylation sites is 2. The van der Waals surface area contributed by atoms with Crippen LogP contribution in [0.15, 0.2) is 42.6 Å². The highest BCUT2D eigenvalue weighted by atomic mass is 16.1. The van der Waals surface area contributed by atoms with E-state index in [-0.39, 0.29) is 5.91 Å². The van der Waals surface area contributed by atoms with E-state index in [0.717, 1.165) is 22.6 Å². The van der Waals surface area contributed by atoms with Crippen molar-refractivity contribution >= 4 is 16.9 Å². The fourth-order valence-corrected chi connectivity index (χ4v) is 2.46. The SMILES string of the molecule is Cc1ccc(C(=O)NCCn2c(C)nc3ccccc32)cn1. The lowest BCUT2D eigenvalue weighted by Gasteiger charge is -2.08. The van der Waals surface area contributed by atoms with Crippen LogP contribution in [0.3, 0.4) is 0 Å². The van der Waals surface area contributed by atoms with Gasteiger partial charge in [0.05, 0.1) is 16.6 Å². The van der Waals surface area contributed by atoms with Gasteiger partial charge < -0.3 is 9.88 Å². The molecule has 112 valence electrons. The van der Waals surface area contributed by atoms with Crippen LogP contribution in [0.5, 0.6) is 0 Å². The Balaban J connectivity index is 1.66. The van der Waals surface area contributed by atoms with Crippen LogP contribution in [0.25, 0.3) is 11.0 Å². The number of aryl methyl sites for hydroxylation is 2. The lowest BCUT2D eigenvalue weighted by molar-refractivity contribution is 0.0952. The van der Waals surface area contributed by atoms with E-state index >= 15 is 0 Å². The molecular weight excluding hydrogens is 276 g/mol. The summed E-state index contributed by atoms with van der Waals surface area (Å²) in [4.78, 5) is 20.7. The van der Waals surface area contributed by atoms with Crippen molar-refractivity contribution in [3.8, 4) is 0 Å². The van der Waals surface area contributed by atoms with Crippen LogP contribution in [0.2, 0.25) is 0 Å². The Hall–Kier alpha value is -2.69. The third-order valence-corrected chi connectivity index (χ3v) is 3.64. The van der Waals surface area contributed by atoms with Gasteiger partial charge in [-0.2, -0.15) is 0 Å². The Morgan fingerprint density at radius 2 is 2.00 bits per heavy atom. The number of nitrogens with zero attached hydrogens (tertiary/aromatic N) is 3. The Morgan fingerprint density at radius 3 is 2.77 bits per heavy atom. The van der Waals surface area contributed by atoms with E-state index in [1.807, 2.05) is 44.2 Å². The van der Waals surface area contributed by atoms with Crippen molar-refractivity contribution in [2.24, 2.45) is 0 Å². The van der Waals surface area contributed by atoms with Gasteiger partial charge in [-0.05, 0) is 38.1 Å². The summed E-state index contributed by atoms with van der Waals surface area (Å²) in [5.74, 6) is 0.849. The smallest absolute Gasteiger partial charge is 0.252 e. The molecule has 22 heavy (non-hydrogen) atoms. The third-order valence-electron chi connectivity index (χ3n) is 3.64. The molecule has 0 aliphatic heterocycles. The van der Waals surface area contributed by atoms with E-state index in [1.165, 1.54) is 0 Å². The maximum atomic E-state index is 12.1. The van der Waals surface area contributed by atoms with Crippen LogP contribution < -0.4 is 5.32 Å². The number of carbonyl (C=O) groups excluding carboxylic acids is 1. The van der Waals surface area contributed by atoms with Crippen LogP contribution >= 0.6 is 0 Å². The standard InChI is InChI=1S/C17H18N4O/c1-12-7-8-14(11-19-12)17(22)18-9-10-21-13(2)20-15-5-3-4-6-16(15)21/h3-8,11H,9-10H2,1-2H3,(H,18,22). The zero-order valence-corrected chi connectivity index (χ0v) is 12.7. The first-order valence-corrected chi connectivity index (χ1v) is 7.28. The van der Waals surface area contributed by atoms with Crippen molar-refractivity contribution in [3.63, 3.8) is 0 Å². The van der Waals surface area contributed by atoms with Crippen molar-refractivity contribution in [3.05, 3.63) is 59.7 Å². The maximum absolute atomic E-state index is 12.1. The average Bonchev–Trinajstić information content (AvgIpc) is 2.84. The largest absolute Gasteiger partial charge is 0.350 e. The molecule has 0 aliphatic carbocycles. The summed E-state index contributed by atoms with van der Waals surface area (Å²) < 4.78 is 2.11. The quantitative estimate of drug-likeness (QED) is 0.804. The minimum absolute atomic E-state index is 0.102. The van der Waals surface area contributed by atoms with Crippen LogP contribution in [0.4, 0.5) is 0 Å². The predicted molar refractivity (Wildman–Crippen MR) is 85.8 cm³/mol. The van der Waals surface area contributed by atoms with E-state index in [0.29, 0.717) is 18.7 Å². The molecule has 1 amide bonds. The molecule has 5 nitrogen and oxygen atoms in total. The van der Waals surface area contributed by atoms with Gasteiger partial charge in [0, 0.05) is 25.0 Å². The molecule has 0 saturated carbocycles. The van der Waals surface area contributed by atoms with Crippen molar-refractivity contribution < 1.29 is 4.79 Å². The number of hydrogen-bond acceptors (Lipinski definition) is 3. The number of aromatic nitrogens is 3. The van der Waals surface area contributed by atoms with Crippen LogP contribution in [0.1, 0.15) is 21.9 Å². The number of carbonyl (C=O) groups is 1. The van der Waals surface area contributed by atoms with Gasteiger partial charge in [0.1, 0.15) is 5.82 Å². The van der Waals surface area contributed by atoms with Gasteiger partial charge in [-0.25, -0.2) is 4.98 Å². The molecule has 1 aromatic carbocycles. The van der Waals surface area contributed by atoms with Gasteiger partial charge in [0.15, 0.2) is 0 Å². The third kappa shape index (κ3) is 2.83. The zero-order chi connectivity index (χ0) is 15.5. The first-order valence-electron chi connectivity index (χ1n) is 7.28. The normalized spacial score (nSPS) is 10.8. The Bertz CT molecular complexity index is 805. The highest BCUT2D eigenvalue weighted by Crippen LogP contribution is 2.14. The van der Waals surface area contributed by atoms with Crippen LogP contribution in [-0.4, -0.2) is 27.0 Å². The number of imidazole rings is 1. The van der Waals surface area contributed by atoms with Crippen molar-refractivity contribution in [2.45, 2.75) is 20.4 Å². The summed E-state index contributed by atoms with van der Waals surface area (Å²) in [7, 11) is 0. The van der Waals surface area contributed by atoms with E-state index < -0.39 is 0 Å². The van der Waals surface area contributed by atoms with E-state index in [4.69, 9.17) is 0 Å². The summed E-state index contributed by atoms with van der Waals surface area (Å²) >= 11 is 0. The molecule has 3 rings (SSSR count). The summed E-state index contributed by atoms with van der Waals surface area (Å²) in [6, 6.07) is 11.6. The molecule has 0 fully saturated rings. The van der Waals surface area contributed by atoms with Gasteiger partial charge in [-0.1, -0.05) is 12.1 Å². The molecule has 0 bridgehead atoms. The first-order chi connectivity index (χ1) is 10.6. The average molecular weight is 294 g/mol. The van der Waals surface area contributed by atoms with E-state index in [9.17, 15) is 4.79 Å².